The third-order valence-electron chi connectivity index (χ3n) is 4.19. The Morgan fingerprint density at radius 1 is 1.36 bits per heavy atom. The molecule has 1 unspecified atom stereocenters. The summed E-state index contributed by atoms with van der Waals surface area (Å²) in [6.07, 6.45) is 10.3. The Morgan fingerprint density at radius 3 is 2.43 bits per heavy atom. The average Bonchev–Trinajstić information content (AvgIpc) is 2.04. The van der Waals surface area contributed by atoms with Crippen LogP contribution >= 0.6 is 0 Å². The third kappa shape index (κ3) is 2.12. The standard InChI is InChI=1S/C12H23NO/c1-14-12(6-3-7-12)9-11(13)8-10-4-2-5-10/h10-11H,2-9,13H2,1H3. The van der Waals surface area contributed by atoms with Crippen LogP contribution in [0.1, 0.15) is 51.4 Å². The highest BCUT2D eigenvalue weighted by molar-refractivity contribution is 4.93. The normalized spacial score (nSPS) is 27.9. The summed E-state index contributed by atoms with van der Waals surface area (Å²) in [5.74, 6) is 0.930. The van der Waals surface area contributed by atoms with Crippen molar-refractivity contribution < 1.29 is 4.74 Å². The molecule has 0 spiro atoms. The monoisotopic (exact) mass is 197 g/mol. The molecule has 2 nitrogen and oxygen atoms in total. The topological polar surface area (TPSA) is 35.2 Å². The summed E-state index contributed by atoms with van der Waals surface area (Å²) < 4.78 is 5.60. The van der Waals surface area contributed by atoms with Gasteiger partial charge in [-0.1, -0.05) is 19.3 Å². The number of hydrogen-bond donors (Lipinski definition) is 1. The molecule has 2 aliphatic carbocycles. The molecule has 0 aromatic heterocycles. The largest absolute Gasteiger partial charge is 0.378 e. The molecule has 2 aliphatic rings. The quantitative estimate of drug-likeness (QED) is 0.735. The summed E-state index contributed by atoms with van der Waals surface area (Å²) in [4.78, 5) is 0. The zero-order chi connectivity index (χ0) is 10.0. The van der Waals surface area contributed by atoms with Crippen LogP contribution < -0.4 is 5.73 Å². The maximum absolute atomic E-state index is 6.18. The van der Waals surface area contributed by atoms with Crippen LogP contribution in [0.15, 0.2) is 0 Å². The van der Waals surface area contributed by atoms with Gasteiger partial charge in [-0.25, -0.2) is 0 Å². The maximum atomic E-state index is 6.18. The van der Waals surface area contributed by atoms with Gasteiger partial charge in [0.1, 0.15) is 0 Å². The van der Waals surface area contributed by atoms with Crippen molar-refractivity contribution in [1.29, 1.82) is 0 Å². The number of ether oxygens (including phenoxy) is 1. The molecule has 2 fully saturated rings. The Balaban J connectivity index is 1.72. The SMILES string of the molecule is COC1(CC(N)CC2CCC2)CCC1. The van der Waals surface area contributed by atoms with Crippen molar-refractivity contribution in [2.75, 3.05) is 7.11 Å². The lowest BCUT2D eigenvalue weighted by Gasteiger charge is -2.43. The molecule has 0 heterocycles. The zero-order valence-electron chi connectivity index (χ0n) is 9.30. The number of hydrogen-bond acceptors (Lipinski definition) is 2. The van der Waals surface area contributed by atoms with Gasteiger partial charge in [0.15, 0.2) is 0 Å². The number of methoxy groups -OCH3 is 1. The van der Waals surface area contributed by atoms with Crippen LogP contribution in [0.25, 0.3) is 0 Å². The Morgan fingerprint density at radius 2 is 2.07 bits per heavy atom. The molecule has 0 aromatic rings. The molecular formula is C12H23NO. The molecule has 2 heteroatoms. The third-order valence-corrected chi connectivity index (χ3v) is 4.19. The molecule has 2 saturated carbocycles. The van der Waals surface area contributed by atoms with Crippen molar-refractivity contribution >= 4 is 0 Å². The minimum atomic E-state index is 0.170. The minimum absolute atomic E-state index is 0.170. The molecule has 0 saturated heterocycles. The van der Waals surface area contributed by atoms with Crippen LogP contribution in [0.2, 0.25) is 0 Å². The number of rotatable bonds is 5. The molecule has 2 rings (SSSR count). The fraction of sp³-hybridized carbons (Fsp3) is 1.00. The lowest BCUT2D eigenvalue weighted by atomic mass is 9.73. The average molecular weight is 197 g/mol. The van der Waals surface area contributed by atoms with E-state index < -0.39 is 0 Å². The van der Waals surface area contributed by atoms with Crippen molar-refractivity contribution in [3.05, 3.63) is 0 Å². The Hall–Kier alpha value is -0.0800. The van der Waals surface area contributed by atoms with E-state index in [2.05, 4.69) is 0 Å². The van der Waals surface area contributed by atoms with E-state index in [1.165, 1.54) is 44.9 Å². The van der Waals surface area contributed by atoms with Gasteiger partial charge in [0, 0.05) is 13.2 Å². The highest BCUT2D eigenvalue weighted by Crippen LogP contribution is 2.40. The van der Waals surface area contributed by atoms with E-state index in [1.807, 2.05) is 7.11 Å². The highest BCUT2D eigenvalue weighted by Gasteiger charge is 2.38. The number of nitrogens with two attached hydrogens (primary N) is 1. The Kier molecular flexibility index (Phi) is 3.13. The van der Waals surface area contributed by atoms with E-state index in [9.17, 15) is 0 Å². The van der Waals surface area contributed by atoms with Crippen molar-refractivity contribution in [3.8, 4) is 0 Å². The highest BCUT2D eigenvalue weighted by atomic mass is 16.5. The van der Waals surface area contributed by atoms with E-state index in [1.54, 1.807) is 0 Å². The molecule has 0 amide bonds. The van der Waals surface area contributed by atoms with Crippen molar-refractivity contribution in [2.24, 2.45) is 11.7 Å². The summed E-state index contributed by atoms with van der Waals surface area (Å²) in [7, 11) is 1.84. The van der Waals surface area contributed by atoms with Crippen LogP contribution in [0.4, 0.5) is 0 Å². The van der Waals surface area contributed by atoms with E-state index in [4.69, 9.17) is 10.5 Å². The Labute approximate surface area is 87.2 Å². The molecule has 0 aromatic carbocycles. The second-order valence-corrected chi connectivity index (χ2v) is 5.24. The molecule has 0 radical (unpaired) electrons. The van der Waals surface area contributed by atoms with Gasteiger partial charge in [0.25, 0.3) is 0 Å². The molecular weight excluding hydrogens is 174 g/mol. The van der Waals surface area contributed by atoms with Gasteiger partial charge in [0.2, 0.25) is 0 Å². The first-order valence-electron chi connectivity index (χ1n) is 6.05. The fourth-order valence-corrected chi connectivity index (χ4v) is 2.78. The molecule has 82 valence electrons. The predicted octanol–water partition coefficient (Wildman–Crippen LogP) is 2.46. The van der Waals surface area contributed by atoms with Crippen molar-refractivity contribution in [2.45, 2.75) is 63.0 Å². The molecule has 14 heavy (non-hydrogen) atoms. The van der Waals surface area contributed by atoms with Gasteiger partial charge < -0.3 is 10.5 Å². The van der Waals surface area contributed by atoms with Gasteiger partial charge in [-0.3, -0.25) is 0 Å². The maximum Gasteiger partial charge on any atom is 0.0693 e. The minimum Gasteiger partial charge on any atom is -0.378 e. The van der Waals surface area contributed by atoms with Crippen LogP contribution in [0.3, 0.4) is 0 Å². The van der Waals surface area contributed by atoms with Gasteiger partial charge in [-0.2, -0.15) is 0 Å². The molecule has 0 bridgehead atoms. The van der Waals surface area contributed by atoms with Crippen LogP contribution in [0, 0.1) is 5.92 Å². The van der Waals surface area contributed by atoms with E-state index in [-0.39, 0.29) is 5.60 Å². The second-order valence-electron chi connectivity index (χ2n) is 5.24. The Bertz CT molecular complexity index is 179. The first-order valence-corrected chi connectivity index (χ1v) is 6.05. The van der Waals surface area contributed by atoms with Crippen LogP contribution in [0.5, 0.6) is 0 Å². The first-order chi connectivity index (χ1) is 6.74. The molecule has 1 atom stereocenters. The van der Waals surface area contributed by atoms with Gasteiger partial charge in [-0.05, 0) is 38.0 Å². The van der Waals surface area contributed by atoms with E-state index in [0.717, 1.165) is 12.3 Å². The fourth-order valence-electron chi connectivity index (χ4n) is 2.78. The van der Waals surface area contributed by atoms with E-state index in [0.29, 0.717) is 6.04 Å². The lowest BCUT2D eigenvalue weighted by molar-refractivity contribution is -0.0828. The van der Waals surface area contributed by atoms with Crippen molar-refractivity contribution in [1.82, 2.24) is 0 Å². The van der Waals surface area contributed by atoms with Gasteiger partial charge in [-0.15, -0.1) is 0 Å². The summed E-state index contributed by atoms with van der Waals surface area (Å²) in [5, 5.41) is 0. The summed E-state index contributed by atoms with van der Waals surface area (Å²) in [5.41, 5.74) is 6.35. The van der Waals surface area contributed by atoms with Gasteiger partial charge in [0.05, 0.1) is 5.60 Å². The zero-order valence-corrected chi connectivity index (χ0v) is 9.30. The van der Waals surface area contributed by atoms with Crippen LogP contribution in [-0.4, -0.2) is 18.8 Å². The summed E-state index contributed by atoms with van der Waals surface area (Å²) in [6, 6.07) is 0.376. The summed E-state index contributed by atoms with van der Waals surface area (Å²) >= 11 is 0. The predicted molar refractivity (Wildman–Crippen MR) is 58.1 cm³/mol. The van der Waals surface area contributed by atoms with Crippen molar-refractivity contribution in [3.63, 3.8) is 0 Å². The second kappa shape index (κ2) is 4.19. The lowest BCUT2D eigenvalue weighted by Crippen LogP contribution is -2.45. The van der Waals surface area contributed by atoms with E-state index >= 15 is 0 Å². The molecule has 0 aliphatic heterocycles. The van der Waals surface area contributed by atoms with Crippen LogP contribution in [-0.2, 0) is 4.74 Å². The molecule has 2 N–H and O–H groups in total. The smallest absolute Gasteiger partial charge is 0.0693 e. The first kappa shape index (κ1) is 10.4. The van der Waals surface area contributed by atoms with Gasteiger partial charge >= 0.3 is 0 Å². The summed E-state index contributed by atoms with van der Waals surface area (Å²) in [6.45, 7) is 0.